The number of carbonyl (C=O) groups excluding carboxylic acids is 6. The van der Waals surface area contributed by atoms with Crippen LogP contribution in [0.1, 0.15) is 94.7 Å². The van der Waals surface area contributed by atoms with E-state index in [1.54, 1.807) is 48.2 Å². The van der Waals surface area contributed by atoms with E-state index in [2.05, 4.69) is 20.4 Å². The summed E-state index contributed by atoms with van der Waals surface area (Å²) in [6.07, 6.45) is 5.11. The van der Waals surface area contributed by atoms with E-state index in [0.29, 0.717) is 137 Å². The third-order valence-electron chi connectivity index (χ3n) is 11.5. The predicted molar refractivity (Wildman–Crippen MR) is 256 cm³/mol. The number of ether oxygens (including phenoxy) is 8. The number of benzene rings is 1. The van der Waals surface area contributed by atoms with Crippen molar-refractivity contribution in [3.8, 4) is 5.88 Å². The van der Waals surface area contributed by atoms with Gasteiger partial charge in [0, 0.05) is 75.4 Å². The van der Waals surface area contributed by atoms with Gasteiger partial charge < -0.3 is 37.9 Å². The number of hydrogen-bond donors (Lipinski definition) is 1. The molecule has 22 heteroatoms. The molecular formula is C49H60Cl2N6O14. The second-order valence-electron chi connectivity index (χ2n) is 16.6. The largest absolute Gasteiger partial charge is 0.477 e. The molecule has 0 saturated carbocycles. The van der Waals surface area contributed by atoms with E-state index in [1.807, 2.05) is 6.92 Å². The molecule has 0 spiro atoms. The number of nitrogens with one attached hydrogen (secondary N) is 1. The molecule has 2 atom stereocenters. The predicted octanol–water partition coefficient (Wildman–Crippen LogP) is 4.74. The quantitative estimate of drug-likeness (QED) is 0.0491. The van der Waals surface area contributed by atoms with Crippen LogP contribution in [0.4, 0.5) is 0 Å². The molecule has 6 rings (SSSR count). The van der Waals surface area contributed by atoms with Crippen LogP contribution in [0.2, 0.25) is 10.2 Å². The summed E-state index contributed by atoms with van der Waals surface area (Å²) in [7, 11) is 1.57. The molecule has 4 aromatic rings. The molecule has 5 heterocycles. The number of rotatable bonds is 34. The lowest BCUT2D eigenvalue weighted by Gasteiger charge is -2.27. The van der Waals surface area contributed by atoms with Gasteiger partial charge in [-0.3, -0.25) is 39.0 Å². The van der Waals surface area contributed by atoms with Crippen LogP contribution in [-0.4, -0.2) is 159 Å². The third kappa shape index (κ3) is 16.4. The molecule has 20 nitrogen and oxygen atoms in total. The Bertz CT molecular complexity index is 2470. The van der Waals surface area contributed by atoms with E-state index in [-0.39, 0.29) is 79.6 Å². The van der Waals surface area contributed by atoms with Gasteiger partial charge in [0.1, 0.15) is 17.6 Å². The zero-order chi connectivity index (χ0) is 50.5. The Balaban J connectivity index is 0.710. The molecule has 0 aliphatic carbocycles. The number of aryl methyl sites for hydroxylation is 1. The van der Waals surface area contributed by atoms with Gasteiger partial charge in [-0.15, -0.1) is 0 Å². The molecule has 1 unspecified atom stereocenters. The molecule has 1 N–H and O–H groups in total. The summed E-state index contributed by atoms with van der Waals surface area (Å²) in [5.74, 6) is -1.88. The van der Waals surface area contributed by atoms with Crippen molar-refractivity contribution in [2.24, 2.45) is 0 Å². The average Bonchev–Trinajstić information content (AvgIpc) is 3.85. The number of methoxy groups -OCH3 is 1. The minimum Gasteiger partial charge on any atom is -0.477 e. The zero-order valence-corrected chi connectivity index (χ0v) is 41.5. The number of nitrogens with zero attached hydrogens (tertiary/aromatic N) is 5. The molecule has 4 amide bonds. The van der Waals surface area contributed by atoms with E-state index in [1.165, 1.54) is 6.20 Å². The standard InChI is InChI=1S/C49H60Cl2N6O14/c1-32(64-2)45-35(30-52-42-29-41(51)55-57(42)45)28-38(59)27-34-26-36(50)31-53-47(34)71-14-5-8-37(58)12-15-66-17-19-68-21-23-70-25-24-69-22-20-67-18-16-65-13-4-7-33-6-3-9-39-44(33)49(63)56(48(39)62)40-10-11-43(60)54-46(40)61/h3,6,9,26,29-32,40H,4-5,7-8,10-25,27-28H2,1-2H3,(H,54,60,61)/t32-,40?/m0/s1. The van der Waals surface area contributed by atoms with Gasteiger partial charge in [-0.25, -0.2) is 14.5 Å². The SMILES string of the molecule is CO[C@@H](C)c1c(CC(=O)Cc2cc(Cl)cnc2OCCCC(=O)CCOCCOCCOCCOCCOCCOCCCc2cccc3c2C(=O)N(C2CCC(=O)NC2=O)C3=O)cnc2cc(Cl)nn12. The van der Waals surface area contributed by atoms with E-state index >= 15 is 0 Å². The van der Waals surface area contributed by atoms with Crippen molar-refractivity contribution in [2.75, 3.05) is 93.0 Å². The van der Waals surface area contributed by atoms with Gasteiger partial charge in [0.05, 0.1) is 107 Å². The first-order chi connectivity index (χ1) is 34.4. The van der Waals surface area contributed by atoms with Gasteiger partial charge in [-0.05, 0) is 50.3 Å². The van der Waals surface area contributed by atoms with Gasteiger partial charge >= 0.3 is 0 Å². The van der Waals surface area contributed by atoms with Gasteiger partial charge in [-0.1, -0.05) is 35.3 Å². The first-order valence-corrected chi connectivity index (χ1v) is 24.4. The summed E-state index contributed by atoms with van der Waals surface area (Å²) < 4.78 is 46.4. The Hall–Kier alpha value is -5.29. The summed E-state index contributed by atoms with van der Waals surface area (Å²) in [6.45, 7) is 6.68. The number of Topliss-reactive ketones (excluding diaryl/α,β-unsaturated/α-hetero) is 2. The minimum atomic E-state index is -1.000. The second kappa shape index (κ2) is 28.7. The van der Waals surface area contributed by atoms with Crippen molar-refractivity contribution in [1.82, 2.24) is 29.8 Å². The first kappa shape index (κ1) is 55.0. The number of fused-ring (bicyclic) bond motifs is 2. The molecule has 3 aromatic heterocycles. The fraction of sp³-hybridized carbons (Fsp3) is 0.531. The van der Waals surface area contributed by atoms with Gasteiger partial charge in [0.2, 0.25) is 17.7 Å². The van der Waals surface area contributed by atoms with Crippen LogP contribution in [0.3, 0.4) is 0 Å². The summed E-state index contributed by atoms with van der Waals surface area (Å²) >= 11 is 12.3. The molecule has 2 aliphatic heterocycles. The van der Waals surface area contributed by atoms with Crippen LogP contribution in [0.15, 0.2) is 42.7 Å². The number of piperidine rings is 1. The van der Waals surface area contributed by atoms with Crippen LogP contribution in [0.25, 0.3) is 5.65 Å². The molecule has 1 fully saturated rings. The highest BCUT2D eigenvalue weighted by Gasteiger charge is 2.45. The molecule has 1 saturated heterocycles. The lowest BCUT2D eigenvalue weighted by atomic mass is 9.99. The maximum atomic E-state index is 13.3. The van der Waals surface area contributed by atoms with Crippen molar-refractivity contribution < 1.29 is 66.7 Å². The van der Waals surface area contributed by atoms with Crippen molar-refractivity contribution in [1.29, 1.82) is 0 Å². The fourth-order valence-electron chi connectivity index (χ4n) is 7.96. The molecule has 0 radical (unpaired) electrons. The Kier molecular flexibility index (Phi) is 22.2. The van der Waals surface area contributed by atoms with Crippen molar-refractivity contribution >= 4 is 64.0 Å². The Labute approximate surface area is 421 Å². The average molecular weight is 1030 g/mol. The highest BCUT2D eigenvalue weighted by Crippen LogP contribution is 2.31. The minimum absolute atomic E-state index is 0.0170. The highest BCUT2D eigenvalue weighted by atomic mass is 35.5. The number of pyridine rings is 1. The van der Waals surface area contributed by atoms with E-state index < -0.39 is 29.7 Å². The van der Waals surface area contributed by atoms with Gasteiger partial charge in [-0.2, -0.15) is 5.10 Å². The maximum absolute atomic E-state index is 13.3. The van der Waals surface area contributed by atoms with E-state index in [4.69, 9.17) is 61.1 Å². The fourth-order valence-corrected chi connectivity index (χ4v) is 8.31. The van der Waals surface area contributed by atoms with Gasteiger partial charge in [0.25, 0.3) is 11.8 Å². The summed E-state index contributed by atoms with van der Waals surface area (Å²) in [4.78, 5) is 85.6. The molecule has 1 aromatic carbocycles. The van der Waals surface area contributed by atoms with Crippen molar-refractivity contribution in [2.45, 2.75) is 76.9 Å². The van der Waals surface area contributed by atoms with Crippen molar-refractivity contribution in [3.63, 3.8) is 0 Å². The van der Waals surface area contributed by atoms with Crippen molar-refractivity contribution in [3.05, 3.63) is 86.4 Å². The molecule has 384 valence electrons. The Morgan fingerprint density at radius 2 is 1.38 bits per heavy atom. The topological polar surface area (TPSA) is 235 Å². The van der Waals surface area contributed by atoms with Crippen LogP contribution < -0.4 is 10.1 Å². The molecule has 71 heavy (non-hydrogen) atoms. The monoisotopic (exact) mass is 1030 g/mol. The molecular weight excluding hydrogens is 967 g/mol. The summed E-state index contributed by atoms with van der Waals surface area (Å²) in [5.41, 5.74) is 3.70. The lowest BCUT2D eigenvalue weighted by Crippen LogP contribution is -2.54. The first-order valence-electron chi connectivity index (χ1n) is 23.6. The number of hydrogen-bond acceptors (Lipinski definition) is 17. The van der Waals surface area contributed by atoms with E-state index in [0.717, 1.165) is 4.90 Å². The zero-order valence-electron chi connectivity index (χ0n) is 40.0. The number of halogens is 2. The summed E-state index contributed by atoms with van der Waals surface area (Å²) in [6, 6.07) is 7.38. The number of carbonyl (C=O) groups is 6. The van der Waals surface area contributed by atoms with Crippen LogP contribution >= 0.6 is 23.2 Å². The summed E-state index contributed by atoms with van der Waals surface area (Å²) in [5, 5.41) is 7.17. The lowest BCUT2D eigenvalue weighted by molar-refractivity contribution is -0.136. The van der Waals surface area contributed by atoms with Gasteiger partial charge in [0.15, 0.2) is 10.8 Å². The number of aromatic nitrogens is 4. The smallest absolute Gasteiger partial charge is 0.262 e. The maximum Gasteiger partial charge on any atom is 0.262 e. The molecule has 2 aliphatic rings. The highest BCUT2D eigenvalue weighted by molar-refractivity contribution is 6.30. The third-order valence-corrected chi connectivity index (χ3v) is 11.9. The second-order valence-corrected chi connectivity index (χ2v) is 17.4. The van der Waals surface area contributed by atoms with Crippen LogP contribution in [0, 0.1) is 0 Å². The van der Waals surface area contributed by atoms with Crippen LogP contribution in [-0.2, 0) is 71.6 Å². The normalized spacial score (nSPS) is 15.2. The number of ketones is 2. The molecule has 0 bridgehead atoms. The number of amides is 4. The van der Waals surface area contributed by atoms with E-state index in [9.17, 15) is 28.8 Å². The Morgan fingerprint density at radius 1 is 0.732 bits per heavy atom. The van der Waals surface area contributed by atoms with Crippen LogP contribution in [0.5, 0.6) is 5.88 Å². The number of imide groups is 2. The Morgan fingerprint density at radius 3 is 2.04 bits per heavy atom.